The average Bonchev–Trinajstić information content (AvgIpc) is 2.60. The van der Waals surface area contributed by atoms with Crippen molar-refractivity contribution in [3.05, 3.63) is 60.2 Å². The van der Waals surface area contributed by atoms with Gasteiger partial charge in [-0.05, 0) is 49.5 Å². The lowest BCUT2D eigenvalue weighted by molar-refractivity contribution is 0.0898. The fourth-order valence-corrected chi connectivity index (χ4v) is 2.55. The van der Waals surface area contributed by atoms with Crippen LogP contribution in [0.1, 0.15) is 31.1 Å². The first-order valence-electron chi connectivity index (χ1n) is 8.23. The van der Waals surface area contributed by atoms with Crippen molar-refractivity contribution >= 4 is 5.78 Å². The number of hydrogen-bond donors (Lipinski definition) is 0. The van der Waals surface area contributed by atoms with Crippen molar-refractivity contribution in [3.8, 4) is 11.5 Å². The minimum atomic E-state index is -0.00390. The summed E-state index contributed by atoms with van der Waals surface area (Å²) in [6, 6.07) is 17.0. The van der Waals surface area contributed by atoms with Crippen molar-refractivity contribution in [1.82, 2.24) is 4.90 Å². The maximum Gasteiger partial charge on any atom is 0.166 e. The van der Waals surface area contributed by atoms with E-state index >= 15 is 0 Å². The smallest absolute Gasteiger partial charge is 0.166 e. The molecule has 0 aliphatic heterocycles. The van der Waals surface area contributed by atoms with Crippen LogP contribution in [0.4, 0.5) is 0 Å². The van der Waals surface area contributed by atoms with Gasteiger partial charge in [0.05, 0.1) is 0 Å². The van der Waals surface area contributed by atoms with Crippen LogP contribution in [0.25, 0.3) is 0 Å². The van der Waals surface area contributed by atoms with Crippen LogP contribution in [-0.2, 0) is 0 Å². The number of Topliss-reactive ketones (excluding diaryl/α,β-unsaturated/α-hetero) is 1. The van der Waals surface area contributed by atoms with E-state index < -0.39 is 0 Å². The predicted molar refractivity (Wildman–Crippen MR) is 94.2 cm³/mol. The topological polar surface area (TPSA) is 29.5 Å². The Balaban J connectivity index is 1.99. The van der Waals surface area contributed by atoms with Gasteiger partial charge in [-0.2, -0.15) is 0 Å². The van der Waals surface area contributed by atoms with Crippen LogP contribution in [0.2, 0.25) is 0 Å². The number of nitrogens with zero attached hydrogens (tertiary/aromatic N) is 1. The molecular weight excluding hydrogens is 286 g/mol. The van der Waals surface area contributed by atoms with E-state index in [0.717, 1.165) is 36.7 Å². The van der Waals surface area contributed by atoms with Gasteiger partial charge in [-0.1, -0.05) is 39.0 Å². The molecule has 0 aromatic heterocycles. The van der Waals surface area contributed by atoms with Crippen LogP contribution in [0.3, 0.4) is 0 Å². The second-order valence-electron chi connectivity index (χ2n) is 5.69. The number of rotatable bonds is 8. The van der Waals surface area contributed by atoms with Gasteiger partial charge in [-0.25, -0.2) is 0 Å². The van der Waals surface area contributed by atoms with Crippen molar-refractivity contribution in [1.29, 1.82) is 0 Å². The number of carbonyl (C=O) groups is 1. The fraction of sp³-hybridized carbons (Fsp3) is 0.350. The molecule has 0 aliphatic rings. The van der Waals surface area contributed by atoms with E-state index in [1.54, 1.807) is 0 Å². The van der Waals surface area contributed by atoms with Crippen LogP contribution >= 0.6 is 0 Å². The van der Waals surface area contributed by atoms with Crippen molar-refractivity contribution in [2.75, 3.05) is 19.6 Å². The van der Waals surface area contributed by atoms with E-state index in [2.05, 4.69) is 18.7 Å². The molecule has 0 N–H and O–H groups in total. The SMILES string of the molecule is CCN(CC)CC(C)C(=O)c1ccc(Oc2ccccc2)cc1. The molecular formula is C20H25NO2. The lowest BCUT2D eigenvalue weighted by Crippen LogP contribution is -2.31. The highest BCUT2D eigenvalue weighted by Gasteiger charge is 2.17. The molecule has 0 bridgehead atoms. The zero-order chi connectivity index (χ0) is 16.7. The lowest BCUT2D eigenvalue weighted by atomic mass is 9.98. The maximum atomic E-state index is 12.5. The summed E-state index contributed by atoms with van der Waals surface area (Å²) in [7, 11) is 0. The molecule has 0 heterocycles. The first-order chi connectivity index (χ1) is 11.1. The Hall–Kier alpha value is -2.13. The number of ketones is 1. The maximum absolute atomic E-state index is 12.5. The van der Waals surface area contributed by atoms with Crippen LogP contribution in [0.5, 0.6) is 11.5 Å². The summed E-state index contributed by atoms with van der Waals surface area (Å²) in [4.78, 5) is 14.8. The number of benzene rings is 2. The number of para-hydroxylation sites is 1. The summed E-state index contributed by atoms with van der Waals surface area (Å²) in [5.74, 6) is 1.71. The Morgan fingerprint density at radius 3 is 2.09 bits per heavy atom. The van der Waals surface area contributed by atoms with E-state index in [4.69, 9.17) is 4.74 Å². The molecule has 0 saturated heterocycles. The quantitative estimate of drug-likeness (QED) is 0.665. The standard InChI is InChI=1S/C20H25NO2/c1-4-21(5-2)15-16(3)20(22)17-11-13-19(14-12-17)23-18-9-7-6-8-10-18/h6-14,16H,4-5,15H2,1-3H3. The Morgan fingerprint density at radius 1 is 0.957 bits per heavy atom. The van der Waals surface area contributed by atoms with Crippen molar-refractivity contribution in [3.63, 3.8) is 0 Å². The Kier molecular flexibility index (Phi) is 6.36. The zero-order valence-electron chi connectivity index (χ0n) is 14.2. The molecule has 3 nitrogen and oxygen atoms in total. The molecule has 1 unspecified atom stereocenters. The van der Waals surface area contributed by atoms with Crippen molar-refractivity contribution in [2.45, 2.75) is 20.8 Å². The Bertz CT molecular complexity index is 603. The summed E-state index contributed by atoms with van der Waals surface area (Å²) < 4.78 is 5.75. The molecule has 0 amide bonds. The van der Waals surface area contributed by atoms with Gasteiger partial charge in [0.1, 0.15) is 11.5 Å². The van der Waals surface area contributed by atoms with Gasteiger partial charge in [0.15, 0.2) is 5.78 Å². The van der Waals surface area contributed by atoms with Crippen LogP contribution in [0, 0.1) is 5.92 Å². The van der Waals surface area contributed by atoms with Gasteiger partial charge in [0, 0.05) is 18.0 Å². The van der Waals surface area contributed by atoms with Gasteiger partial charge in [-0.15, -0.1) is 0 Å². The van der Waals surface area contributed by atoms with E-state index in [-0.39, 0.29) is 11.7 Å². The second kappa shape index (κ2) is 8.49. The zero-order valence-corrected chi connectivity index (χ0v) is 14.2. The highest BCUT2D eigenvalue weighted by Crippen LogP contribution is 2.22. The first-order valence-corrected chi connectivity index (χ1v) is 8.23. The van der Waals surface area contributed by atoms with Gasteiger partial charge >= 0.3 is 0 Å². The van der Waals surface area contributed by atoms with E-state index in [9.17, 15) is 4.79 Å². The summed E-state index contributed by atoms with van der Waals surface area (Å²) in [6.45, 7) is 8.98. The average molecular weight is 311 g/mol. The molecule has 1 atom stereocenters. The van der Waals surface area contributed by atoms with E-state index in [0.29, 0.717) is 0 Å². The normalized spacial score (nSPS) is 12.2. The van der Waals surface area contributed by atoms with Crippen LogP contribution in [-0.4, -0.2) is 30.3 Å². The Morgan fingerprint density at radius 2 is 1.52 bits per heavy atom. The molecule has 23 heavy (non-hydrogen) atoms. The largest absolute Gasteiger partial charge is 0.457 e. The molecule has 2 aromatic carbocycles. The molecule has 0 fully saturated rings. The minimum Gasteiger partial charge on any atom is -0.457 e. The van der Waals surface area contributed by atoms with Crippen LogP contribution < -0.4 is 4.74 Å². The molecule has 3 heteroatoms. The predicted octanol–water partition coefficient (Wildman–Crippen LogP) is 4.64. The highest BCUT2D eigenvalue weighted by molar-refractivity contribution is 5.97. The summed E-state index contributed by atoms with van der Waals surface area (Å²) >= 11 is 0. The summed E-state index contributed by atoms with van der Waals surface area (Å²) in [5, 5.41) is 0. The third kappa shape index (κ3) is 4.93. The van der Waals surface area contributed by atoms with Gasteiger partial charge in [0.2, 0.25) is 0 Å². The third-order valence-corrected chi connectivity index (χ3v) is 3.99. The molecule has 0 radical (unpaired) electrons. The van der Waals surface area contributed by atoms with E-state index in [1.807, 2.05) is 61.5 Å². The molecule has 122 valence electrons. The number of ether oxygens (including phenoxy) is 1. The van der Waals surface area contributed by atoms with E-state index in [1.165, 1.54) is 0 Å². The highest BCUT2D eigenvalue weighted by atomic mass is 16.5. The van der Waals surface area contributed by atoms with Gasteiger partial charge < -0.3 is 9.64 Å². The first kappa shape index (κ1) is 17.2. The monoisotopic (exact) mass is 311 g/mol. The van der Waals surface area contributed by atoms with Crippen molar-refractivity contribution < 1.29 is 9.53 Å². The number of carbonyl (C=O) groups excluding carboxylic acids is 1. The fourth-order valence-electron chi connectivity index (χ4n) is 2.55. The molecule has 0 spiro atoms. The third-order valence-electron chi connectivity index (χ3n) is 3.99. The molecule has 2 rings (SSSR count). The second-order valence-corrected chi connectivity index (χ2v) is 5.69. The summed E-state index contributed by atoms with van der Waals surface area (Å²) in [5.41, 5.74) is 0.741. The Labute approximate surface area is 138 Å². The lowest BCUT2D eigenvalue weighted by Gasteiger charge is -2.21. The van der Waals surface area contributed by atoms with Gasteiger partial charge in [0.25, 0.3) is 0 Å². The van der Waals surface area contributed by atoms with Crippen molar-refractivity contribution in [2.24, 2.45) is 5.92 Å². The van der Waals surface area contributed by atoms with Gasteiger partial charge in [-0.3, -0.25) is 4.79 Å². The van der Waals surface area contributed by atoms with Crippen LogP contribution in [0.15, 0.2) is 54.6 Å². The molecule has 2 aromatic rings. The number of hydrogen-bond acceptors (Lipinski definition) is 3. The molecule has 0 aliphatic carbocycles. The molecule has 0 saturated carbocycles. The minimum absolute atomic E-state index is 0.00390. The summed E-state index contributed by atoms with van der Waals surface area (Å²) in [6.07, 6.45) is 0.